The number of alkyl halides is 3. The van der Waals surface area contributed by atoms with Crippen molar-refractivity contribution in [1.82, 2.24) is 19.9 Å². The Bertz CT molecular complexity index is 963. The number of hydrogen-bond acceptors (Lipinski definition) is 7. The second-order valence-corrected chi connectivity index (χ2v) is 6.56. The van der Waals surface area contributed by atoms with Crippen LogP contribution in [0.4, 0.5) is 19.1 Å². The van der Waals surface area contributed by atoms with Crippen LogP contribution in [0.25, 0.3) is 11.1 Å². The van der Waals surface area contributed by atoms with Gasteiger partial charge < -0.3 is 24.6 Å². The number of anilines is 1. The van der Waals surface area contributed by atoms with Crippen LogP contribution in [0.1, 0.15) is 16.9 Å². The number of hydrogen-bond donors (Lipinski definition) is 2. The van der Waals surface area contributed by atoms with Gasteiger partial charge in [0, 0.05) is 56.4 Å². The Hall–Kier alpha value is -3.66. The summed E-state index contributed by atoms with van der Waals surface area (Å²) in [5, 5.41) is 18.4. The number of carboxylic acid groups (broad SMARTS) is 1. The van der Waals surface area contributed by atoms with Gasteiger partial charge in [0.25, 0.3) is 5.91 Å². The lowest BCUT2D eigenvalue weighted by molar-refractivity contribution is -0.192. The predicted octanol–water partition coefficient (Wildman–Crippen LogP) is 1.60. The topological polar surface area (TPSA) is 133 Å². The highest BCUT2D eigenvalue weighted by Gasteiger charge is 2.38. The van der Waals surface area contributed by atoms with E-state index in [1.54, 1.807) is 23.0 Å². The van der Waals surface area contributed by atoms with E-state index in [1.165, 1.54) is 0 Å². The van der Waals surface area contributed by atoms with Gasteiger partial charge >= 0.3 is 12.1 Å². The molecule has 0 radical (unpaired) electrons. The number of carbonyl (C=O) groups is 2. The summed E-state index contributed by atoms with van der Waals surface area (Å²) in [5.41, 5.74) is 2.26. The lowest BCUT2D eigenvalue weighted by atomic mass is 10.2. The molecule has 0 aromatic carbocycles. The van der Waals surface area contributed by atoms with Crippen molar-refractivity contribution in [3.63, 3.8) is 0 Å². The molecule has 0 spiro atoms. The Morgan fingerprint density at radius 2 is 1.84 bits per heavy atom. The van der Waals surface area contributed by atoms with Crippen molar-refractivity contribution in [2.24, 2.45) is 7.05 Å². The molecule has 1 amide bonds. The van der Waals surface area contributed by atoms with Crippen molar-refractivity contribution >= 4 is 17.8 Å². The van der Waals surface area contributed by atoms with Gasteiger partial charge in [-0.15, -0.1) is 0 Å². The van der Waals surface area contributed by atoms with Gasteiger partial charge in [-0.05, 0) is 6.07 Å². The molecule has 3 heterocycles. The van der Waals surface area contributed by atoms with Crippen molar-refractivity contribution in [3.05, 3.63) is 30.4 Å². The van der Waals surface area contributed by atoms with Gasteiger partial charge in [-0.25, -0.2) is 14.8 Å². The third-order valence-corrected chi connectivity index (χ3v) is 4.27. The standard InChI is InChI=1S/C17H20N6O2.C2HF3O2/c1-22-12-13(9-15(22)16(24)19-4-2-3-18)14-10-20-17(21-11-14)23-5-7-25-8-6-23;3-2(4,5)1(6)7/h9-12H,2,4-8H2,1H3,(H,19,24);(H,6,7). The van der Waals surface area contributed by atoms with Crippen LogP contribution in [0.5, 0.6) is 0 Å². The zero-order chi connectivity index (χ0) is 23.7. The van der Waals surface area contributed by atoms with E-state index in [9.17, 15) is 18.0 Å². The van der Waals surface area contributed by atoms with Crippen molar-refractivity contribution in [2.45, 2.75) is 12.6 Å². The van der Waals surface area contributed by atoms with E-state index >= 15 is 0 Å². The molecule has 0 atom stereocenters. The molecule has 0 aliphatic carbocycles. The highest BCUT2D eigenvalue weighted by molar-refractivity contribution is 5.94. The molecule has 1 aliphatic rings. The molecule has 1 saturated heterocycles. The molecule has 13 heteroatoms. The molecule has 1 fully saturated rings. The number of amides is 1. The summed E-state index contributed by atoms with van der Waals surface area (Å²) in [6, 6.07) is 3.80. The van der Waals surface area contributed by atoms with Gasteiger partial charge in [-0.1, -0.05) is 0 Å². The molecule has 2 N–H and O–H groups in total. The Labute approximate surface area is 181 Å². The van der Waals surface area contributed by atoms with Crippen LogP contribution in [0.15, 0.2) is 24.7 Å². The van der Waals surface area contributed by atoms with E-state index in [2.05, 4.69) is 20.2 Å². The van der Waals surface area contributed by atoms with E-state index < -0.39 is 12.1 Å². The molecule has 2 aromatic heterocycles. The lowest BCUT2D eigenvalue weighted by Crippen LogP contribution is -2.37. The molecule has 3 rings (SSSR count). The number of aryl methyl sites for hydroxylation is 1. The number of nitrogens with zero attached hydrogens (tertiary/aromatic N) is 5. The van der Waals surface area contributed by atoms with Gasteiger partial charge in [0.05, 0.1) is 25.7 Å². The predicted molar refractivity (Wildman–Crippen MR) is 106 cm³/mol. The summed E-state index contributed by atoms with van der Waals surface area (Å²) in [5.74, 6) is -2.26. The molecule has 2 aromatic rings. The van der Waals surface area contributed by atoms with Gasteiger partial charge in [-0.3, -0.25) is 4.79 Å². The number of nitriles is 1. The first-order valence-corrected chi connectivity index (χ1v) is 9.40. The molecule has 172 valence electrons. The minimum atomic E-state index is -5.08. The van der Waals surface area contributed by atoms with Crippen LogP contribution in [0.3, 0.4) is 0 Å². The largest absolute Gasteiger partial charge is 0.490 e. The highest BCUT2D eigenvalue weighted by atomic mass is 19.4. The Morgan fingerprint density at radius 3 is 2.38 bits per heavy atom. The van der Waals surface area contributed by atoms with Crippen LogP contribution < -0.4 is 10.2 Å². The minimum absolute atomic E-state index is 0.199. The zero-order valence-corrected chi connectivity index (χ0v) is 17.1. The van der Waals surface area contributed by atoms with Gasteiger partial charge in [0.1, 0.15) is 5.69 Å². The third-order valence-electron chi connectivity index (χ3n) is 4.27. The molecule has 32 heavy (non-hydrogen) atoms. The highest BCUT2D eigenvalue weighted by Crippen LogP contribution is 2.22. The average molecular weight is 454 g/mol. The zero-order valence-electron chi connectivity index (χ0n) is 17.1. The maximum atomic E-state index is 12.2. The number of aliphatic carboxylic acids is 1. The number of rotatable bonds is 5. The number of carbonyl (C=O) groups excluding carboxylic acids is 1. The monoisotopic (exact) mass is 454 g/mol. The van der Waals surface area contributed by atoms with Crippen LogP contribution >= 0.6 is 0 Å². The van der Waals surface area contributed by atoms with E-state index in [4.69, 9.17) is 19.9 Å². The van der Waals surface area contributed by atoms with E-state index in [0.717, 1.165) is 24.2 Å². The molecular weight excluding hydrogens is 433 g/mol. The maximum Gasteiger partial charge on any atom is 0.490 e. The van der Waals surface area contributed by atoms with Gasteiger partial charge in [0.2, 0.25) is 5.95 Å². The molecule has 1 aliphatic heterocycles. The first-order chi connectivity index (χ1) is 15.1. The second kappa shape index (κ2) is 11.1. The number of carboxylic acids is 1. The van der Waals surface area contributed by atoms with Crippen molar-refractivity contribution < 1.29 is 32.6 Å². The van der Waals surface area contributed by atoms with Crippen molar-refractivity contribution in [2.75, 3.05) is 37.7 Å². The summed E-state index contributed by atoms with van der Waals surface area (Å²) < 4.78 is 38.8. The van der Waals surface area contributed by atoms with Crippen LogP contribution in [0.2, 0.25) is 0 Å². The van der Waals surface area contributed by atoms with E-state index in [0.29, 0.717) is 37.8 Å². The summed E-state index contributed by atoms with van der Waals surface area (Å²) in [4.78, 5) is 32.0. The average Bonchev–Trinajstić information content (AvgIpc) is 3.16. The Balaban J connectivity index is 0.000000451. The van der Waals surface area contributed by atoms with Gasteiger partial charge in [0.15, 0.2) is 0 Å². The van der Waals surface area contributed by atoms with Crippen LogP contribution in [-0.4, -0.2) is 70.5 Å². The second-order valence-electron chi connectivity index (χ2n) is 6.56. The SMILES string of the molecule is Cn1cc(-c2cnc(N3CCOCC3)nc2)cc1C(=O)NCCC#N.O=C(O)C(F)(F)F. The number of morpholine rings is 1. The molecule has 0 bridgehead atoms. The third kappa shape index (κ3) is 6.95. The molecule has 0 unspecified atom stereocenters. The van der Waals surface area contributed by atoms with Crippen molar-refractivity contribution in [3.8, 4) is 17.2 Å². The fraction of sp³-hybridized carbons (Fsp3) is 0.421. The molecule has 0 saturated carbocycles. The minimum Gasteiger partial charge on any atom is -0.475 e. The first-order valence-electron chi connectivity index (χ1n) is 9.40. The molecular formula is C19H21F3N6O4. The maximum absolute atomic E-state index is 12.2. The van der Waals surface area contributed by atoms with Crippen LogP contribution in [-0.2, 0) is 16.6 Å². The quantitative estimate of drug-likeness (QED) is 0.651. The van der Waals surface area contributed by atoms with E-state index in [-0.39, 0.29) is 5.91 Å². The number of nitrogens with one attached hydrogen (secondary N) is 1. The van der Waals surface area contributed by atoms with Crippen molar-refractivity contribution in [1.29, 1.82) is 5.26 Å². The fourth-order valence-electron chi connectivity index (χ4n) is 2.67. The summed E-state index contributed by atoms with van der Waals surface area (Å²) in [6.07, 6.45) is 0.612. The fourth-order valence-corrected chi connectivity index (χ4v) is 2.67. The summed E-state index contributed by atoms with van der Waals surface area (Å²) in [7, 11) is 1.81. The normalized spacial score (nSPS) is 13.5. The summed E-state index contributed by atoms with van der Waals surface area (Å²) in [6.45, 7) is 3.30. The Morgan fingerprint density at radius 1 is 1.25 bits per heavy atom. The first kappa shape index (κ1) is 24.6. The number of ether oxygens (including phenoxy) is 1. The number of aromatic nitrogens is 3. The van der Waals surface area contributed by atoms with Crippen LogP contribution in [0, 0.1) is 11.3 Å². The lowest BCUT2D eigenvalue weighted by Gasteiger charge is -2.26. The Kier molecular flexibility index (Phi) is 8.54. The van der Waals surface area contributed by atoms with E-state index in [1.807, 2.05) is 19.3 Å². The van der Waals surface area contributed by atoms with Gasteiger partial charge in [-0.2, -0.15) is 18.4 Å². The molecule has 10 nitrogen and oxygen atoms in total. The number of halogens is 3. The summed E-state index contributed by atoms with van der Waals surface area (Å²) >= 11 is 0. The smallest absolute Gasteiger partial charge is 0.475 e.